The number of hydrogen-bond donors (Lipinski definition) is 2. The van der Waals surface area contributed by atoms with Gasteiger partial charge < -0.3 is 20.3 Å². The zero-order valence-electron chi connectivity index (χ0n) is 13.8. The van der Waals surface area contributed by atoms with E-state index >= 15 is 0 Å². The minimum Gasteiger partial charge on any atom is -0.478 e. The summed E-state index contributed by atoms with van der Waals surface area (Å²) in [4.78, 5) is 37.6. The Morgan fingerprint density at radius 2 is 2.17 bits per heavy atom. The molecule has 2 N–H and O–H groups in total. The predicted octanol–water partition coefficient (Wildman–Crippen LogP) is 1.15. The largest absolute Gasteiger partial charge is 0.478 e. The van der Waals surface area contributed by atoms with Crippen LogP contribution in [0.3, 0.4) is 0 Å². The summed E-state index contributed by atoms with van der Waals surface area (Å²) in [6.45, 7) is 4.24. The standard InChI is InChI=1S/C17H21N3O4/c1-10-16(22)19-14-7-3-6-13(15(14)24-10)17(23)20-8-4-5-12(9-20)18-11(2)21/h3,6-7,10,12H,4-5,8-9H2,1-2H3,(H,18,21)(H,19,22). The van der Waals surface area contributed by atoms with Crippen molar-refractivity contribution in [3.8, 4) is 5.75 Å². The van der Waals surface area contributed by atoms with Crippen LogP contribution in [0.1, 0.15) is 37.0 Å². The van der Waals surface area contributed by atoms with Gasteiger partial charge in [-0.1, -0.05) is 6.07 Å². The summed E-state index contributed by atoms with van der Waals surface area (Å²) < 4.78 is 5.65. The molecule has 0 aromatic heterocycles. The van der Waals surface area contributed by atoms with Crippen molar-refractivity contribution in [3.63, 3.8) is 0 Å². The summed E-state index contributed by atoms with van der Waals surface area (Å²) >= 11 is 0. The van der Waals surface area contributed by atoms with Gasteiger partial charge in [0.25, 0.3) is 11.8 Å². The number of nitrogens with zero attached hydrogens (tertiary/aromatic N) is 1. The van der Waals surface area contributed by atoms with Crippen LogP contribution < -0.4 is 15.4 Å². The molecule has 2 unspecified atom stereocenters. The van der Waals surface area contributed by atoms with Crippen molar-refractivity contribution < 1.29 is 19.1 Å². The first-order chi connectivity index (χ1) is 11.5. The molecular formula is C17H21N3O4. The van der Waals surface area contributed by atoms with E-state index in [1.165, 1.54) is 6.92 Å². The van der Waals surface area contributed by atoms with Crippen molar-refractivity contribution in [2.24, 2.45) is 0 Å². The Kier molecular flexibility index (Phi) is 4.42. The van der Waals surface area contributed by atoms with Crippen LogP contribution in [0.5, 0.6) is 5.75 Å². The van der Waals surface area contributed by atoms with Crippen molar-refractivity contribution in [2.45, 2.75) is 38.8 Å². The first-order valence-electron chi connectivity index (χ1n) is 8.12. The van der Waals surface area contributed by atoms with Crippen LogP contribution in [0.4, 0.5) is 5.69 Å². The molecule has 1 fully saturated rings. The van der Waals surface area contributed by atoms with Crippen LogP contribution >= 0.6 is 0 Å². The summed E-state index contributed by atoms with van der Waals surface area (Å²) in [6.07, 6.45) is 1.06. The van der Waals surface area contributed by atoms with Gasteiger partial charge in [0.15, 0.2) is 11.9 Å². The highest BCUT2D eigenvalue weighted by molar-refractivity contribution is 6.04. The molecule has 2 atom stereocenters. The fourth-order valence-electron chi connectivity index (χ4n) is 3.13. The Morgan fingerprint density at radius 3 is 2.92 bits per heavy atom. The Hall–Kier alpha value is -2.57. The molecule has 1 saturated heterocycles. The van der Waals surface area contributed by atoms with Crippen LogP contribution in [0.2, 0.25) is 0 Å². The van der Waals surface area contributed by atoms with E-state index in [2.05, 4.69) is 10.6 Å². The molecule has 1 aromatic rings. The quantitative estimate of drug-likeness (QED) is 0.851. The van der Waals surface area contributed by atoms with Gasteiger partial charge in [-0.2, -0.15) is 0 Å². The van der Waals surface area contributed by atoms with Crippen molar-refractivity contribution in [3.05, 3.63) is 23.8 Å². The van der Waals surface area contributed by atoms with Gasteiger partial charge in [0.2, 0.25) is 5.91 Å². The van der Waals surface area contributed by atoms with Gasteiger partial charge in [0.1, 0.15) is 0 Å². The number of piperidine rings is 1. The highest BCUT2D eigenvalue weighted by atomic mass is 16.5. The summed E-state index contributed by atoms with van der Waals surface area (Å²) in [6, 6.07) is 5.11. The number of likely N-dealkylation sites (tertiary alicyclic amines) is 1. The zero-order chi connectivity index (χ0) is 17.3. The Morgan fingerprint density at radius 1 is 1.38 bits per heavy atom. The minimum atomic E-state index is -0.639. The SMILES string of the molecule is CC(=O)NC1CCCN(C(=O)c2cccc3c2OC(C)C(=O)N3)C1. The molecule has 3 rings (SSSR count). The number of ether oxygens (including phenoxy) is 1. The maximum absolute atomic E-state index is 12.9. The highest BCUT2D eigenvalue weighted by Crippen LogP contribution is 2.34. The first-order valence-corrected chi connectivity index (χ1v) is 8.12. The van der Waals surface area contributed by atoms with Crippen LogP contribution in [0.15, 0.2) is 18.2 Å². The number of carbonyl (C=O) groups excluding carboxylic acids is 3. The van der Waals surface area contributed by atoms with Gasteiger partial charge in [-0.05, 0) is 31.9 Å². The van der Waals surface area contributed by atoms with Gasteiger partial charge in [0, 0.05) is 26.1 Å². The third kappa shape index (κ3) is 3.20. The molecule has 2 aliphatic rings. The molecule has 128 valence electrons. The van der Waals surface area contributed by atoms with Crippen LogP contribution in [0, 0.1) is 0 Å². The molecule has 0 saturated carbocycles. The Balaban J connectivity index is 1.82. The minimum absolute atomic E-state index is 0.0284. The topological polar surface area (TPSA) is 87.7 Å². The number of para-hydroxylation sites is 1. The highest BCUT2D eigenvalue weighted by Gasteiger charge is 2.31. The number of carbonyl (C=O) groups is 3. The molecule has 2 aliphatic heterocycles. The predicted molar refractivity (Wildman–Crippen MR) is 87.9 cm³/mol. The van der Waals surface area contributed by atoms with Gasteiger partial charge >= 0.3 is 0 Å². The smallest absolute Gasteiger partial charge is 0.265 e. The van der Waals surface area contributed by atoms with Crippen molar-refractivity contribution in [1.82, 2.24) is 10.2 Å². The summed E-state index contributed by atoms with van der Waals surface area (Å²) in [5.41, 5.74) is 0.946. The van der Waals surface area contributed by atoms with E-state index in [1.807, 2.05) is 0 Å². The number of benzene rings is 1. The fourth-order valence-corrected chi connectivity index (χ4v) is 3.13. The lowest BCUT2D eigenvalue weighted by Crippen LogP contribution is -2.49. The van der Waals surface area contributed by atoms with Crippen molar-refractivity contribution >= 4 is 23.4 Å². The molecular weight excluding hydrogens is 310 g/mol. The molecule has 0 aliphatic carbocycles. The molecule has 7 heteroatoms. The monoisotopic (exact) mass is 331 g/mol. The number of hydrogen-bond acceptors (Lipinski definition) is 4. The summed E-state index contributed by atoms with van der Waals surface area (Å²) in [7, 11) is 0. The average molecular weight is 331 g/mol. The van der Waals surface area contributed by atoms with E-state index in [1.54, 1.807) is 30.0 Å². The third-order valence-electron chi connectivity index (χ3n) is 4.28. The van der Waals surface area contributed by atoms with Crippen molar-refractivity contribution in [1.29, 1.82) is 0 Å². The molecule has 3 amide bonds. The molecule has 0 radical (unpaired) electrons. The fraction of sp³-hybridized carbons (Fsp3) is 0.471. The van der Waals surface area contributed by atoms with Gasteiger partial charge in [-0.25, -0.2) is 0 Å². The number of amides is 3. The van der Waals surface area contributed by atoms with E-state index in [9.17, 15) is 14.4 Å². The summed E-state index contributed by atoms with van der Waals surface area (Å²) in [5.74, 6) is -0.0523. The first kappa shape index (κ1) is 16.3. The molecule has 0 bridgehead atoms. The van der Waals surface area contributed by atoms with Crippen LogP contribution in [-0.4, -0.2) is 47.9 Å². The third-order valence-corrected chi connectivity index (χ3v) is 4.28. The lowest BCUT2D eigenvalue weighted by atomic mass is 10.0. The lowest BCUT2D eigenvalue weighted by molar-refractivity contribution is -0.122. The number of nitrogens with one attached hydrogen (secondary N) is 2. The van der Waals surface area contributed by atoms with Gasteiger partial charge in [-0.3, -0.25) is 14.4 Å². The van der Waals surface area contributed by atoms with Gasteiger partial charge in [0.05, 0.1) is 11.3 Å². The second-order valence-electron chi connectivity index (χ2n) is 6.22. The molecule has 24 heavy (non-hydrogen) atoms. The molecule has 1 aromatic carbocycles. The van der Waals surface area contributed by atoms with Gasteiger partial charge in [-0.15, -0.1) is 0 Å². The molecule has 2 heterocycles. The van der Waals surface area contributed by atoms with Crippen LogP contribution in [-0.2, 0) is 9.59 Å². The van der Waals surface area contributed by atoms with Crippen LogP contribution in [0.25, 0.3) is 0 Å². The average Bonchev–Trinajstić information content (AvgIpc) is 2.54. The number of fused-ring (bicyclic) bond motifs is 1. The number of rotatable bonds is 2. The number of anilines is 1. The maximum atomic E-state index is 12.9. The normalized spacial score (nSPS) is 22.9. The second-order valence-corrected chi connectivity index (χ2v) is 6.22. The second kappa shape index (κ2) is 6.51. The van der Waals surface area contributed by atoms with Crippen molar-refractivity contribution in [2.75, 3.05) is 18.4 Å². The maximum Gasteiger partial charge on any atom is 0.265 e. The zero-order valence-corrected chi connectivity index (χ0v) is 13.8. The lowest BCUT2D eigenvalue weighted by Gasteiger charge is -2.34. The summed E-state index contributed by atoms with van der Waals surface area (Å²) in [5, 5.41) is 5.62. The van der Waals surface area contributed by atoms with E-state index < -0.39 is 6.10 Å². The van der Waals surface area contributed by atoms with E-state index in [-0.39, 0.29) is 23.8 Å². The molecule has 7 nitrogen and oxygen atoms in total. The Bertz CT molecular complexity index is 688. The van der Waals surface area contributed by atoms with E-state index in [0.717, 1.165) is 12.8 Å². The molecule has 0 spiro atoms. The van der Waals surface area contributed by atoms with E-state index in [0.29, 0.717) is 30.1 Å². The van der Waals surface area contributed by atoms with E-state index in [4.69, 9.17) is 4.74 Å². The Labute approximate surface area is 140 Å².